The first kappa shape index (κ1) is 31.0. The van der Waals surface area contributed by atoms with Crippen LogP contribution in [0, 0.1) is 17.0 Å². The van der Waals surface area contributed by atoms with E-state index in [2.05, 4.69) is 15.3 Å². The first-order valence-corrected chi connectivity index (χ1v) is 14.8. The van der Waals surface area contributed by atoms with Crippen LogP contribution in [0.2, 0.25) is 5.02 Å². The van der Waals surface area contributed by atoms with Gasteiger partial charge in [0.15, 0.2) is 22.5 Å². The number of morpholine rings is 1. The van der Waals surface area contributed by atoms with Crippen LogP contribution in [-0.4, -0.2) is 95.1 Å². The number of amidine groups is 1. The second kappa shape index (κ2) is 12.3. The lowest BCUT2D eigenvalue weighted by Gasteiger charge is -2.37. The molecule has 11 nitrogen and oxygen atoms in total. The van der Waals surface area contributed by atoms with Gasteiger partial charge in [-0.05, 0) is 26.8 Å². The predicted molar refractivity (Wildman–Crippen MR) is 153 cm³/mol. The number of aliphatic imine (C=N–C) groups is 1. The number of ether oxygens (including phenoxy) is 2. The van der Waals surface area contributed by atoms with Gasteiger partial charge >= 0.3 is 11.9 Å². The number of halogens is 3. The zero-order chi connectivity index (χ0) is 31.1. The van der Waals surface area contributed by atoms with Gasteiger partial charge in [-0.15, -0.1) is 11.3 Å². The maximum atomic E-state index is 14.6. The number of esters is 1. The molecule has 0 spiro atoms. The van der Waals surface area contributed by atoms with E-state index in [1.807, 2.05) is 4.90 Å². The van der Waals surface area contributed by atoms with Crippen molar-refractivity contribution in [2.24, 2.45) is 10.4 Å². The van der Waals surface area contributed by atoms with Gasteiger partial charge in [-0.1, -0.05) is 17.7 Å². The van der Waals surface area contributed by atoms with Gasteiger partial charge in [0, 0.05) is 49.0 Å². The number of fused-ring (bicyclic) bond motifs is 1. The lowest BCUT2D eigenvalue weighted by Crippen LogP contribution is -2.54. The molecule has 43 heavy (non-hydrogen) atoms. The van der Waals surface area contributed by atoms with Gasteiger partial charge in [0.1, 0.15) is 12.1 Å². The number of likely N-dealkylation sites (tertiary alicyclic amines) is 1. The van der Waals surface area contributed by atoms with Gasteiger partial charge < -0.3 is 24.8 Å². The second-order valence-electron chi connectivity index (χ2n) is 11.0. The summed E-state index contributed by atoms with van der Waals surface area (Å²) >= 11 is 7.54. The SMILES string of the molecule is CCOC(=O)C1=C(CN2CCO[C@H]3CN(CC(C)(C)C(=O)O)C(=O)[C@H]32)NC(c2nccs2)=NC1c1ccc(F)c(F)c1Cl. The number of carboxylic acid groups (broad SMARTS) is 1. The summed E-state index contributed by atoms with van der Waals surface area (Å²) in [5, 5.41) is 14.5. The molecule has 0 aliphatic carbocycles. The Balaban J connectivity index is 1.55. The molecule has 3 aliphatic rings. The Morgan fingerprint density at radius 2 is 2.09 bits per heavy atom. The Morgan fingerprint density at radius 1 is 1.33 bits per heavy atom. The number of benzene rings is 1. The van der Waals surface area contributed by atoms with Gasteiger partial charge in [-0.3, -0.25) is 19.5 Å². The minimum absolute atomic E-state index is 0.00204. The van der Waals surface area contributed by atoms with Crippen molar-refractivity contribution in [3.63, 3.8) is 0 Å². The molecular weight excluding hydrogens is 608 g/mol. The van der Waals surface area contributed by atoms with Crippen LogP contribution in [0.25, 0.3) is 0 Å². The Labute approximate surface area is 255 Å². The molecule has 2 fully saturated rings. The number of rotatable bonds is 9. The van der Waals surface area contributed by atoms with E-state index in [1.54, 1.807) is 32.3 Å². The molecule has 0 saturated carbocycles. The maximum absolute atomic E-state index is 14.6. The third kappa shape index (κ3) is 6.01. The van der Waals surface area contributed by atoms with E-state index in [1.165, 1.54) is 22.3 Å². The Kier molecular flexibility index (Phi) is 8.84. The molecule has 230 valence electrons. The molecule has 1 aromatic carbocycles. The van der Waals surface area contributed by atoms with Crippen LogP contribution in [-0.2, 0) is 23.9 Å². The van der Waals surface area contributed by atoms with E-state index in [0.29, 0.717) is 23.9 Å². The number of aliphatic carboxylic acids is 1. The average Bonchev–Trinajstić information content (AvgIpc) is 3.60. The number of aromatic nitrogens is 1. The van der Waals surface area contributed by atoms with E-state index in [-0.39, 0.29) is 49.1 Å². The highest BCUT2D eigenvalue weighted by Gasteiger charge is 2.49. The Morgan fingerprint density at radius 3 is 2.77 bits per heavy atom. The molecule has 2 saturated heterocycles. The van der Waals surface area contributed by atoms with Crippen LogP contribution in [0.15, 0.2) is 40.0 Å². The topological polar surface area (TPSA) is 134 Å². The van der Waals surface area contributed by atoms with Gasteiger partial charge in [0.2, 0.25) is 5.91 Å². The van der Waals surface area contributed by atoms with Crippen molar-refractivity contribution in [2.75, 3.05) is 39.4 Å². The van der Waals surface area contributed by atoms with Crippen LogP contribution in [0.3, 0.4) is 0 Å². The van der Waals surface area contributed by atoms with E-state index in [0.717, 1.165) is 6.07 Å². The molecule has 3 atom stereocenters. The van der Waals surface area contributed by atoms with Gasteiger partial charge in [-0.2, -0.15) is 0 Å². The number of nitrogens with one attached hydrogen (secondary N) is 1. The first-order valence-electron chi connectivity index (χ1n) is 13.6. The zero-order valence-electron chi connectivity index (χ0n) is 23.6. The third-order valence-corrected chi connectivity index (χ3v) is 8.73. The highest BCUT2D eigenvalue weighted by atomic mass is 35.5. The minimum Gasteiger partial charge on any atom is -0.481 e. The van der Waals surface area contributed by atoms with Gasteiger partial charge in [0.25, 0.3) is 0 Å². The maximum Gasteiger partial charge on any atom is 0.338 e. The molecule has 15 heteroatoms. The number of carbonyl (C=O) groups excluding carboxylic acids is 2. The summed E-state index contributed by atoms with van der Waals surface area (Å²) in [7, 11) is 0. The fourth-order valence-corrected chi connectivity index (χ4v) is 6.26. The predicted octanol–water partition coefficient (Wildman–Crippen LogP) is 3.01. The molecular formula is C28H30ClF2N5O6S. The fraction of sp³-hybridized carbons (Fsp3) is 0.464. The van der Waals surface area contributed by atoms with Gasteiger partial charge in [-0.25, -0.2) is 18.6 Å². The molecule has 1 unspecified atom stereocenters. The molecule has 2 aromatic rings. The van der Waals surface area contributed by atoms with Gasteiger partial charge in [0.05, 0.1) is 35.3 Å². The molecule has 4 heterocycles. The summed E-state index contributed by atoms with van der Waals surface area (Å²) in [6.45, 7) is 5.63. The normalized spacial score (nSPS) is 22.7. The highest BCUT2D eigenvalue weighted by Crippen LogP contribution is 2.39. The molecule has 3 aliphatic heterocycles. The Bertz CT molecular complexity index is 1500. The van der Waals surface area contributed by atoms with E-state index in [4.69, 9.17) is 21.1 Å². The van der Waals surface area contributed by atoms with Crippen LogP contribution in [0.5, 0.6) is 0 Å². The molecule has 1 aromatic heterocycles. The van der Waals surface area contributed by atoms with Crippen molar-refractivity contribution in [1.29, 1.82) is 0 Å². The molecule has 1 amide bonds. The van der Waals surface area contributed by atoms with Crippen molar-refractivity contribution < 1.29 is 37.7 Å². The lowest BCUT2D eigenvalue weighted by molar-refractivity contribution is -0.149. The summed E-state index contributed by atoms with van der Waals surface area (Å²) < 4.78 is 39.9. The number of carbonyl (C=O) groups is 3. The van der Waals surface area contributed by atoms with E-state index >= 15 is 0 Å². The van der Waals surface area contributed by atoms with Crippen molar-refractivity contribution in [2.45, 2.75) is 39.0 Å². The number of nitrogens with zero attached hydrogens (tertiary/aromatic N) is 4. The number of hydrogen-bond donors (Lipinski definition) is 2. The zero-order valence-corrected chi connectivity index (χ0v) is 25.2. The molecule has 0 bridgehead atoms. The van der Waals surface area contributed by atoms with Crippen LogP contribution in [0.4, 0.5) is 8.78 Å². The molecule has 0 radical (unpaired) electrons. The van der Waals surface area contributed by atoms with E-state index in [9.17, 15) is 28.3 Å². The van der Waals surface area contributed by atoms with Crippen molar-refractivity contribution in [3.8, 4) is 0 Å². The first-order chi connectivity index (χ1) is 20.4. The summed E-state index contributed by atoms with van der Waals surface area (Å²) in [6, 6.07) is 0.254. The number of hydrogen-bond acceptors (Lipinski definition) is 10. The third-order valence-electron chi connectivity index (χ3n) is 7.56. The minimum atomic E-state index is -1.27. The second-order valence-corrected chi connectivity index (χ2v) is 12.2. The lowest BCUT2D eigenvalue weighted by atomic mass is 9.93. The fourth-order valence-electron chi connectivity index (χ4n) is 5.41. The van der Waals surface area contributed by atoms with Crippen LogP contribution in [0.1, 0.15) is 37.4 Å². The van der Waals surface area contributed by atoms with Crippen LogP contribution >= 0.6 is 22.9 Å². The highest BCUT2D eigenvalue weighted by molar-refractivity contribution is 7.11. The monoisotopic (exact) mass is 637 g/mol. The van der Waals surface area contributed by atoms with Crippen molar-refractivity contribution >= 4 is 46.6 Å². The van der Waals surface area contributed by atoms with Crippen molar-refractivity contribution in [1.82, 2.24) is 20.1 Å². The average molecular weight is 638 g/mol. The summed E-state index contributed by atoms with van der Waals surface area (Å²) in [4.78, 5) is 51.1. The summed E-state index contributed by atoms with van der Waals surface area (Å²) in [6.07, 6.45) is 1.05. The largest absolute Gasteiger partial charge is 0.481 e. The van der Waals surface area contributed by atoms with Crippen molar-refractivity contribution in [3.05, 3.63) is 62.2 Å². The molecule has 5 rings (SSSR count). The number of thiazole rings is 1. The summed E-state index contributed by atoms with van der Waals surface area (Å²) in [5.41, 5.74) is -0.778. The quantitative estimate of drug-likeness (QED) is 0.314. The number of amides is 1. The smallest absolute Gasteiger partial charge is 0.338 e. The standard InChI is InChI=1S/C28H30ClF2N5O6S/c1-4-41-26(38)18-16(11-35-8-9-42-17-12-36(25(37)22(17)35)13-28(2,3)27(39)40)33-23(24-32-7-10-43-24)34-21(18)14-5-6-15(30)20(31)19(14)29/h5-7,10,17,21-22H,4,8-9,11-13H2,1-3H3,(H,33,34)(H,39,40)/t17-,21?,22-/m0/s1. The molecule has 2 N–H and O–H groups in total. The van der Waals surface area contributed by atoms with Crippen LogP contribution < -0.4 is 5.32 Å². The number of carboxylic acids is 1. The van der Waals surface area contributed by atoms with E-state index < -0.39 is 52.2 Å². The summed E-state index contributed by atoms with van der Waals surface area (Å²) in [5.74, 6) is -4.21. The Hall–Kier alpha value is -3.46.